The Labute approximate surface area is 179 Å². The maximum atomic E-state index is 14.4. The predicted molar refractivity (Wildman–Crippen MR) is 119 cm³/mol. The lowest BCUT2D eigenvalue weighted by Crippen LogP contribution is -2.25. The molecule has 5 N–H and O–H groups in total. The molecule has 3 aromatic rings. The number of nitrogens with zero attached hydrogens (tertiary/aromatic N) is 3. The Balaban J connectivity index is 1.72. The lowest BCUT2D eigenvalue weighted by molar-refractivity contribution is 0.0954. The molecule has 31 heavy (non-hydrogen) atoms. The molecule has 1 aromatic carbocycles. The fraction of sp³-hybridized carbons (Fsp3) is 0.273. The standard InChI is InChI=1S/C22H24FN7O/c1-13-11-28-22-29-18-10-15(12-27-19(18)23)14-5-6-16(17(24)9-14)21(31)26-8-4-2-3-7-25-20(13)30-22/h5-6,9-12H,2-4,7-8,24H2,1H3,(H,26,31)(H2,25,28,29,30). The van der Waals surface area contributed by atoms with E-state index in [9.17, 15) is 9.18 Å². The largest absolute Gasteiger partial charge is 0.398 e. The summed E-state index contributed by atoms with van der Waals surface area (Å²) in [5, 5.41) is 9.12. The first kappa shape index (κ1) is 20.5. The molecule has 0 radical (unpaired) electrons. The molecular formula is C22H24FN7O. The number of benzene rings is 1. The third kappa shape index (κ3) is 4.71. The van der Waals surface area contributed by atoms with Gasteiger partial charge in [-0.1, -0.05) is 6.07 Å². The van der Waals surface area contributed by atoms with Crippen molar-refractivity contribution in [2.45, 2.75) is 26.2 Å². The summed E-state index contributed by atoms with van der Waals surface area (Å²) in [4.78, 5) is 25.0. The Morgan fingerprint density at radius 3 is 2.61 bits per heavy atom. The van der Waals surface area contributed by atoms with Crippen LogP contribution in [0.25, 0.3) is 11.1 Å². The summed E-state index contributed by atoms with van der Waals surface area (Å²) in [6, 6.07) is 6.74. The van der Waals surface area contributed by atoms with E-state index in [1.54, 1.807) is 30.5 Å². The number of rotatable bonds is 0. The normalized spacial score (nSPS) is 14.5. The van der Waals surface area contributed by atoms with Gasteiger partial charge in [0, 0.05) is 42.3 Å². The molecule has 0 fully saturated rings. The predicted octanol–water partition coefficient (Wildman–Crippen LogP) is 3.64. The van der Waals surface area contributed by atoms with E-state index >= 15 is 0 Å². The van der Waals surface area contributed by atoms with Crippen molar-refractivity contribution < 1.29 is 9.18 Å². The summed E-state index contributed by atoms with van der Waals surface area (Å²) in [6.45, 7) is 3.21. The molecule has 2 aromatic heterocycles. The first-order valence-corrected chi connectivity index (χ1v) is 10.2. The van der Waals surface area contributed by atoms with Crippen LogP contribution in [0, 0.1) is 12.9 Å². The molecule has 4 heterocycles. The monoisotopic (exact) mass is 421 g/mol. The van der Waals surface area contributed by atoms with Gasteiger partial charge in [0.1, 0.15) is 5.82 Å². The third-order valence-electron chi connectivity index (χ3n) is 5.12. The number of hydrogen-bond acceptors (Lipinski definition) is 7. The van der Waals surface area contributed by atoms with Crippen molar-refractivity contribution >= 4 is 29.0 Å². The molecule has 0 spiro atoms. The Kier molecular flexibility index (Phi) is 5.92. The van der Waals surface area contributed by atoms with Gasteiger partial charge in [-0.2, -0.15) is 9.37 Å². The minimum atomic E-state index is -0.669. The number of nitrogen functional groups attached to an aromatic ring is 1. The van der Waals surface area contributed by atoms with Crippen LogP contribution in [0.4, 0.5) is 27.5 Å². The molecule has 0 unspecified atom stereocenters. The maximum Gasteiger partial charge on any atom is 0.253 e. The molecule has 5 rings (SSSR count). The zero-order valence-corrected chi connectivity index (χ0v) is 17.2. The van der Waals surface area contributed by atoms with Gasteiger partial charge in [0.05, 0.1) is 11.3 Å². The SMILES string of the molecule is Cc1cnc2nc1NCCCCCNC(=O)c1ccc(cc1N)-c1cnc(F)c(c1)N2. The maximum absolute atomic E-state index is 14.4. The highest BCUT2D eigenvalue weighted by molar-refractivity contribution is 6.00. The Morgan fingerprint density at radius 2 is 1.81 bits per heavy atom. The molecule has 2 aliphatic heterocycles. The van der Waals surface area contributed by atoms with Gasteiger partial charge in [-0.15, -0.1) is 0 Å². The molecule has 0 saturated carbocycles. The van der Waals surface area contributed by atoms with Crippen molar-refractivity contribution in [3.8, 4) is 11.1 Å². The molecule has 0 atom stereocenters. The van der Waals surface area contributed by atoms with Gasteiger partial charge >= 0.3 is 0 Å². The molecule has 2 aliphatic rings. The second-order valence-electron chi connectivity index (χ2n) is 7.46. The lowest BCUT2D eigenvalue weighted by atomic mass is 10.0. The van der Waals surface area contributed by atoms with Crippen molar-refractivity contribution in [2.24, 2.45) is 0 Å². The van der Waals surface area contributed by atoms with Crippen LogP contribution in [0.5, 0.6) is 0 Å². The van der Waals surface area contributed by atoms with Gasteiger partial charge in [-0.05, 0) is 49.9 Å². The minimum Gasteiger partial charge on any atom is -0.398 e. The molecular weight excluding hydrogens is 397 g/mol. The van der Waals surface area contributed by atoms with Crippen molar-refractivity contribution in [1.82, 2.24) is 20.3 Å². The van der Waals surface area contributed by atoms with E-state index in [1.807, 2.05) is 6.92 Å². The summed E-state index contributed by atoms with van der Waals surface area (Å²) in [5.74, 6) is 0.0868. The molecule has 9 heteroatoms. The molecule has 8 nitrogen and oxygen atoms in total. The van der Waals surface area contributed by atoms with Gasteiger partial charge in [0.25, 0.3) is 5.91 Å². The Bertz CT molecular complexity index is 1120. The quantitative estimate of drug-likeness (QED) is 0.323. The number of anilines is 4. The number of nitrogens with one attached hydrogen (secondary N) is 3. The van der Waals surface area contributed by atoms with Crippen molar-refractivity contribution in [3.63, 3.8) is 0 Å². The summed E-state index contributed by atoms with van der Waals surface area (Å²) < 4.78 is 14.4. The number of pyridine rings is 1. The van der Waals surface area contributed by atoms with Gasteiger partial charge in [-0.25, -0.2) is 9.97 Å². The lowest BCUT2D eigenvalue weighted by Gasteiger charge is -2.12. The van der Waals surface area contributed by atoms with Crippen molar-refractivity contribution in [2.75, 3.05) is 29.5 Å². The highest BCUT2D eigenvalue weighted by Crippen LogP contribution is 2.28. The fourth-order valence-electron chi connectivity index (χ4n) is 3.38. The average Bonchev–Trinajstić information content (AvgIpc) is 2.75. The van der Waals surface area contributed by atoms with Gasteiger partial charge in [0.2, 0.25) is 11.9 Å². The number of fused-ring (bicyclic) bond motifs is 9. The number of carbonyl (C=O) groups is 1. The second-order valence-corrected chi connectivity index (χ2v) is 7.46. The van der Waals surface area contributed by atoms with Crippen LogP contribution >= 0.6 is 0 Å². The summed E-state index contributed by atoms with van der Waals surface area (Å²) in [7, 11) is 0. The van der Waals surface area contributed by atoms with Gasteiger partial charge in [-0.3, -0.25) is 4.79 Å². The topological polar surface area (TPSA) is 118 Å². The first-order valence-electron chi connectivity index (χ1n) is 10.2. The number of amides is 1. The van der Waals surface area contributed by atoms with Crippen LogP contribution in [-0.4, -0.2) is 33.9 Å². The number of halogens is 1. The fourth-order valence-corrected chi connectivity index (χ4v) is 3.38. The van der Waals surface area contributed by atoms with Gasteiger partial charge in [0.15, 0.2) is 0 Å². The van der Waals surface area contributed by atoms with E-state index in [0.29, 0.717) is 29.2 Å². The Hall–Kier alpha value is -3.75. The van der Waals surface area contributed by atoms with E-state index < -0.39 is 5.95 Å². The second kappa shape index (κ2) is 8.95. The van der Waals surface area contributed by atoms with Gasteiger partial charge < -0.3 is 21.7 Å². The molecule has 0 aliphatic carbocycles. The summed E-state index contributed by atoms with van der Waals surface area (Å²) in [6.07, 6.45) is 5.82. The number of hydrogen-bond donors (Lipinski definition) is 4. The summed E-state index contributed by atoms with van der Waals surface area (Å²) >= 11 is 0. The van der Waals surface area contributed by atoms with Crippen LogP contribution in [0.2, 0.25) is 0 Å². The van der Waals surface area contributed by atoms with E-state index in [4.69, 9.17) is 5.73 Å². The van der Waals surface area contributed by atoms with E-state index in [0.717, 1.165) is 36.9 Å². The van der Waals surface area contributed by atoms with E-state index in [2.05, 4.69) is 30.9 Å². The van der Waals surface area contributed by atoms with E-state index in [-0.39, 0.29) is 17.5 Å². The number of aromatic nitrogens is 3. The third-order valence-corrected chi connectivity index (χ3v) is 5.12. The molecule has 160 valence electrons. The minimum absolute atomic E-state index is 0.144. The number of carbonyl (C=O) groups excluding carboxylic acids is 1. The van der Waals surface area contributed by atoms with Crippen molar-refractivity contribution in [1.29, 1.82) is 0 Å². The molecule has 0 saturated heterocycles. The van der Waals surface area contributed by atoms with Crippen molar-refractivity contribution in [3.05, 3.63) is 53.7 Å². The zero-order chi connectivity index (χ0) is 21.8. The Morgan fingerprint density at radius 1 is 1.00 bits per heavy atom. The van der Waals surface area contributed by atoms with Crippen LogP contribution in [0.3, 0.4) is 0 Å². The summed E-state index contributed by atoms with van der Waals surface area (Å²) in [5.41, 5.74) is 9.29. The number of aryl methyl sites for hydroxylation is 1. The van der Waals surface area contributed by atoms with Crippen LogP contribution in [0.1, 0.15) is 35.2 Å². The van der Waals surface area contributed by atoms with Crippen LogP contribution in [-0.2, 0) is 0 Å². The average molecular weight is 421 g/mol. The zero-order valence-electron chi connectivity index (χ0n) is 17.2. The highest BCUT2D eigenvalue weighted by atomic mass is 19.1. The van der Waals surface area contributed by atoms with E-state index in [1.165, 1.54) is 6.20 Å². The van der Waals surface area contributed by atoms with Crippen LogP contribution in [0.15, 0.2) is 36.7 Å². The molecule has 1 amide bonds. The number of nitrogens with two attached hydrogens (primary N) is 1. The molecule has 6 bridgehead atoms. The highest BCUT2D eigenvalue weighted by Gasteiger charge is 2.14. The smallest absolute Gasteiger partial charge is 0.253 e. The van der Waals surface area contributed by atoms with Crippen LogP contribution < -0.4 is 21.7 Å². The first-order chi connectivity index (χ1) is 15.0.